The van der Waals surface area contributed by atoms with Crippen LogP contribution < -0.4 is 16.0 Å². The van der Waals surface area contributed by atoms with E-state index in [0.717, 1.165) is 12.8 Å². The molecule has 1 unspecified atom stereocenters. The van der Waals surface area contributed by atoms with E-state index in [-0.39, 0.29) is 29.8 Å². The summed E-state index contributed by atoms with van der Waals surface area (Å²) >= 11 is 0. The zero-order valence-electron chi connectivity index (χ0n) is 14.1. The topological polar surface area (TPSA) is 108 Å². The minimum Gasteiger partial charge on any atom is -0.481 e. The molecule has 0 bridgehead atoms. The molecule has 1 aliphatic rings. The van der Waals surface area contributed by atoms with Gasteiger partial charge in [-0.15, -0.1) is 0 Å². The van der Waals surface area contributed by atoms with Crippen LogP contribution in [0.15, 0.2) is 0 Å². The van der Waals surface area contributed by atoms with Gasteiger partial charge in [-0.05, 0) is 32.1 Å². The fraction of sp³-hybridized carbons (Fsp3) is 0.812. The molecule has 0 heterocycles. The fourth-order valence-corrected chi connectivity index (χ4v) is 2.82. The average Bonchev–Trinajstić information content (AvgIpc) is 2.52. The first-order chi connectivity index (χ1) is 10.9. The fourth-order valence-electron chi connectivity index (χ4n) is 2.82. The van der Waals surface area contributed by atoms with Crippen molar-refractivity contribution in [1.29, 1.82) is 0 Å². The van der Waals surface area contributed by atoms with Crippen molar-refractivity contribution in [2.75, 3.05) is 13.1 Å². The van der Waals surface area contributed by atoms with Gasteiger partial charge < -0.3 is 21.1 Å². The monoisotopic (exact) mass is 327 g/mol. The molecule has 0 aliphatic heterocycles. The summed E-state index contributed by atoms with van der Waals surface area (Å²) < 4.78 is 0. The maximum Gasteiger partial charge on any atom is 0.315 e. The second-order valence-electron chi connectivity index (χ2n) is 6.27. The van der Waals surface area contributed by atoms with Crippen LogP contribution in [0.3, 0.4) is 0 Å². The third-order valence-corrected chi connectivity index (χ3v) is 4.29. The van der Waals surface area contributed by atoms with E-state index in [1.165, 1.54) is 0 Å². The van der Waals surface area contributed by atoms with E-state index in [2.05, 4.69) is 16.0 Å². The SMILES string of the molecule is CCCC(C)C(=O)NCCNC(=O)NC1CCC(C(=O)O)CC1. The Morgan fingerprint density at radius 1 is 1.09 bits per heavy atom. The van der Waals surface area contributed by atoms with Gasteiger partial charge in [-0.1, -0.05) is 20.3 Å². The summed E-state index contributed by atoms with van der Waals surface area (Å²) in [5.41, 5.74) is 0. The molecular weight excluding hydrogens is 298 g/mol. The number of amides is 3. The van der Waals surface area contributed by atoms with E-state index in [1.807, 2.05) is 13.8 Å². The summed E-state index contributed by atoms with van der Waals surface area (Å²) in [4.78, 5) is 34.3. The Hall–Kier alpha value is -1.79. The molecule has 23 heavy (non-hydrogen) atoms. The standard InChI is InChI=1S/C16H29N3O4/c1-3-4-11(2)14(20)17-9-10-18-16(23)19-13-7-5-12(6-8-13)15(21)22/h11-13H,3-10H2,1-2H3,(H,17,20)(H,21,22)(H2,18,19,23). The van der Waals surface area contributed by atoms with E-state index in [1.54, 1.807) is 0 Å². The normalized spacial score (nSPS) is 22.0. The Morgan fingerprint density at radius 3 is 2.26 bits per heavy atom. The number of aliphatic carboxylic acids is 1. The number of carbonyl (C=O) groups excluding carboxylic acids is 2. The van der Waals surface area contributed by atoms with Gasteiger partial charge in [0, 0.05) is 25.0 Å². The molecule has 7 heteroatoms. The molecule has 0 aromatic carbocycles. The average molecular weight is 327 g/mol. The highest BCUT2D eigenvalue weighted by Crippen LogP contribution is 2.24. The molecule has 132 valence electrons. The predicted octanol–water partition coefficient (Wildman–Crippen LogP) is 1.48. The zero-order chi connectivity index (χ0) is 17.2. The summed E-state index contributed by atoms with van der Waals surface area (Å²) in [5, 5.41) is 17.3. The van der Waals surface area contributed by atoms with Crippen LogP contribution in [0.2, 0.25) is 0 Å². The first-order valence-electron chi connectivity index (χ1n) is 8.48. The lowest BCUT2D eigenvalue weighted by molar-refractivity contribution is -0.142. The van der Waals surface area contributed by atoms with Crippen LogP contribution in [0, 0.1) is 11.8 Å². The van der Waals surface area contributed by atoms with Crippen LogP contribution in [-0.2, 0) is 9.59 Å². The number of nitrogens with one attached hydrogen (secondary N) is 3. The van der Waals surface area contributed by atoms with E-state index in [0.29, 0.717) is 38.8 Å². The van der Waals surface area contributed by atoms with Gasteiger partial charge in [0.15, 0.2) is 0 Å². The zero-order valence-corrected chi connectivity index (χ0v) is 14.1. The van der Waals surface area contributed by atoms with E-state index in [9.17, 15) is 14.4 Å². The lowest BCUT2D eigenvalue weighted by Crippen LogP contribution is -2.46. The number of rotatable bonds is 8. The second-order valence-corrected chi connectivity index (χ2v) is 6.27. The lowest BCUT2D eigenvalue weighted by Gasteiger charge is -2.26. The second kappa shape index (κ2) is 10.1. The molecule has 4 N–H and O–H groups in total. The largest absolute Gasteiger partial charge is 0.481 e. The molecule has 7 nitrogen and oxygen atoms in total. The van der Waals surface area contributed by atoms with Crippen molar-refractivity contribution < 1.29 is 19.5 Å². The van der Waals surface area contributed by atoms with Crippen LogP contribution in [0.4, 0.5) is 4.79 Å². The van der Waals surface area contributed by atoms with Gasteiger partial charge in [0.1, 0.15) is 0 Å². The van der Waals surface area contributed by atoms with Crippen molar-refractivity contribution in [1.82, 2.24) is 16.0 Å². The molecular formula is C16H29N3O4. The number of hydrogen-bond donors (Lipinski definition) is 4. The Balaban J connectivity index is 2.11. The molecule has 0 aromatic rings. The maximum absolute atomic E-state index is 11.8. The first kappa shape index (κ1) is 19.3. The molecule has 1 aliphatic carbocycles. The van der Waals surface area contributed by atoms with E-state index < -0.39 is 5.97 Å². The van der Waals surface area contributed by atoms with Gasteiger partial charge in [0.05, 0.1) is 5.92 Å². The quantitative estimate of drug-likeness (QED) is 0.506. The Labute approximate surface area is 137 Å². The molecule has 1 saturated carbocycles. The van der Waals surface area contributed by atoms with Crippen LogP contribution >= 0.6 is 0 Å². The summed E-state index contributed by atoms with van der Waals surface area (Å²) in [7, 11) is 0. The highest BCUT2D eigenvalue weighted by molar-refractivity contribution is 5.78. The van der Waals surface area contributed by atoms with Crippen molar-refractivity contribution in [3.05, 3.63) is 0 Å². The van der Waals surface area contributed by atoms with Gasteiger partial charge in [-0.2, -0.15) is 0 Å². The molecule has 0 spiro atoms. The smallest absolute Gasteiger partial charge is 0.315 e. The molecule has 1 rings (SSSR count). The van der Waals surface area contributed by atoms with Crippen molar-refractivity contribution in [2.45, 2.75) is 58.4 Å². The molecule has 1 atom stereocenters. The molecule has 0 aromatic heterocycles. The van der Waals surface area contributed by atoms with Gasteiger partial charge >= 0.3 is 12.0 Å². The Kier molecular flexibility index (Phi) is 8.43. The van der Waals surface area contributed by atoms with Crippen LogP contribution in [0.5, 0.6) is 0 Å². The van der Waals surface area contributed by atoms with Gasteiger partial charge in [0.25, 0.3) is 0 Å². The van der Waals surface area contributed by atoms with Gasteiger partial charge in [-0.25, -0.2) is 4.79 Å². The van der Waals surface area contributed by atoms with E-state index >= 15 is 0 Å². The minimum absolute atomic E-state index is 0.00162. The summed E-state index contributed by atoms with van der Waals surface area (Å²) in [6, 6.07) is -0.232. The third-order valence-electron chi connectivity index (χ3n) is 4.29. The molecule has 0 radical (unpaired) electrons. The number of hydrogen-bond acceptors (Lipinski definition) is 3. The minimum atomic E-state index is -0.749. The summed E-state index contributed by atoms with van der Waals surface area (Å²) in [6.45, 7) is 4.72. The van der Waals surface area contributed by atoms with Gasteiger partial charge in [0.2, 0.25) is 5.91 Å². The van der Waals surface area contributed by atoms with Crippen molar-refractivity contribution >= 4 is 17.9 Å². The Bertz CT molecular complexity index is 406. The maximum atomic E-state index is 11.8. The highest BCUT2D eigenvalue weighted by atomic mass is 16.4. The predicted molar refractivity (Wildman–Crippen MR) is 87.0 cm³/mol. The number of carbonyl (C=O) groups is 3. The van der Waals surface area contributed by atoms with Crippen LogP contribution in [0.1, 0.15) is 52.4 Å². The van der Waals surface area contributed by atoms with Crippen molar-refractivity contribution in [3.8, 4) is 0 Å². The van der Waals surface area contributed by atoms with E-state index in [4.69, 9.17) is 5.11 Å². The number of carboxylic acid groups (broad SMARTS) is 1. The van der Waals surface area contributed by atoms with Crippen LogP contribution in [-0.4, -0.2) is 42.1 Å². The summed E-state index contributed by atoms with van der Waals surface area (Å²) in [6.07, 6.45) is 4.42. The lowest BCUT2D eigenvalue weighted by atomic mass is 9.86. The number of carboxylic acids is 1. The Morgan fingerprint density at radius 2 is 1.70 bits per heavy atom. The van der Waals surface area contributed by atoms with Crippen molar-refractivity contribution in [3.63, 3.8) is 0 Å². The first-order valence-corrected chi connectivity index (χ1v) is 8.48. The van der Waals surface area contributed by atoms with Crippen LogP contribution in [0.25, 0.3) is 0 Å². The number of urea groups is 1. The molecule has 3 amide bonds. The van der Waals surface area contributed by atoms with Crippen molar-refractivity contribution in [2.24, 2.45) is 11.8 Å². The molecule has 1 fully saturated rings. The van der Waals surface area contributed by atoms with Gasteiger partial charge in [-0.3, -0.25) is 9.59 Å². The third kappa shape index (κ3) is 7.34. The highest BCUT2D eigenvalue weighted by Gasteiger charge is 2.26. The molecule has 0 saturated heterocycles. The summed E-state index contributed by atoms with van der Waals surface area (Å²) in [5.74, 6) is -1.02.